The van der Waals surface area contributed by atoms with Crippen molar-refractivity contribution in [2.75, 3.05) is 40.9 Å². The molecule has 0 aromatic heterocycles. The van der Waals surface area contributed by atoms with Crippen molar-refractivity contribution in [1.82, 2.24) is 5.32 Å². The predicted octanol–water partition coefficient (Wildman–Crippen LogP) is 16.7. The van der Waals surface area contributed by atoms with Crippen LogP contribution < -0.4 is 5.32 Å². The summed E-state index contributed by atoms with van der Waals surface area (Å²) in [5, 5.41) is 3.03. The van der Waals surface area contributed by atoms with Crippen LogP contribution in [0.2, 0.25) is 0 Å². The van der Waals surface area contributed by atoms with Crippen LogP contribution in [0.5, 0.6) is 0 Å². The van der Waals surface area contributed by atoms with Crippen molar-refractivity contribution in [2.24, 2.45) is 0 Å². The molecule has 10 heteroatoms. The lowest BCUT2D eigenvalue weighted by atomic mass is 10.0. The van der Waals surface area contributed by atoms with Gasteiger partial charge >= 0.3 is 13.8 Å². The lowest BCUT2D eigenvalue weighted by molar-refractivity contribution is -0.870. The average Bonchev–Trinajstić information content (AvgIpc) is 3.29. The molecule has 0 radical (unpaired) electrons. The molecule has 0 aliphatic carbocycles. The molecule has 0 aliphatic rings. The minimum absolute atomic E-state index is 0.0332. The molecule has 0 aromatic rings. The molecule has 0 bridgehead atoms. The van der Waals surface area contributed by atoms with E-state index in [2.05, 4.69) is 74.7 Å². The Labute approximate surface area is 420 Å². The topological polar surface area (TPSA) is 111 Å². The first-order valence-electron chi connectivity index (χ1n) is 28.1. The van der Waals surface area contributed by atoms with E-state index in [1.54, 1.807) is 0 Å². The van der Waals surface area contributed by atoms with E-state index in [-0.39, 0.29) is 31.5 Å². The number of hydrogen-bond acceptors (Lipinski definition) is 6. The van der Waals surface area contributed by atoms with E-state index in [1.165, 1.54) is 128 Å². The van der Waals surface area contributed by atoms with Crippen LogP contribution >= 0.6 is 7.82 Å². The molecule has 396 valence electrons. The van der Waals surface area contributed by atoms with Gasteiger partial charge in [-0.15, -0.1) is 0 Å². The van der Waals surface area contributed by atoms with Gasteiger partial charge in [-0.3, -0.25) is 18.6 Å². The summed E-state index contributed by atoms with van der Waals surface area (Å²) >= 11 is 0. The van der Waals surface area contributed by atoms with Crippen molar-refractivity contribution >= 4 is 19.7 Å². The lowest BCUT2D eigenvalue weighted by Gasteiger charge is -2.27. The number of hydrogen-bond donors (Lipinski definition) is 2. The molecule has 0 fully saturated rings. The van der Waals surface area contributed by atoms with E-state index >= 15 is 0 Å². The molecule has 0 heterocycles. The van der Waals surface area contributed by atoms with Gasteiger partial charge in [-0.1, -0.05) is 217 Å². The number of nitrogens with zero attached hydrogens (tertiary/aromatic N) is 1. The summed E-state index contributed by atoms with van der Waals surface area (Å²) in [6.07, 6.45) is 59.3. The predicted molar refractivity (Wildman–Crippen MR) is 291 cm³/mol. The zero-order chi connectivity index (χ0) is 50.1. The molecule has 68 heavy (non-hydrogen) atoms. The number of amides is 1. The van der Waals surface area contributed by atoms with E-state index in [9.17, 15) is 19.0 Å². The van der Waals surface area contributed by atoms with Crippen LogP contribution in [0.25, 0.3) is 0 Å². The number of carbonyl (C=O) groups is 2. The van der Waals surface area contributed by atoms with Crippen LogP contribution in [-0.4, -0.2) is 74.3 Å². The Morgan fingerprint density at radius 3 is 1.38 bits per heavy atom. The number of likely N-dealkylation sites (N-methyl/N-ethyl adjacent to an activating group) is 1. The van der Waals surface area contributed by atoms with Gasteiger partial charge in [0, 0.05) is 12.8 Å². The Balaban J connectivity index is 5.39. The number of carbonyl (C=O) groups excluding carboxylic acids is 2. The van der Waals surface area contributed by atoms with Crippen molar-refractivity contribution in [3.05, 3.63) is 60.8 Å². The molecule has 9 nitrogen and oxygen atoms in total. The van der Waals surface area contributed by atoms with E-state index in [4.69, 9.17) is 13.8 Å². The van der Waals surface area contributed by atoms with Crippen molar-refractivity contribution in [2.45, 2.75) is 258 Å². The molecular formula is C58H108N2O7P+. The highest BCUT2D eigenvalue weighted by Crippen LogP contribution is 2.43. The Morgan fingerprint density at radius 1 is 0.515 bits per heavy atom. The number of nitrogens with one attached hydrogen (secondary N) is 1. The summed E-state index contributed by atoms with van der Waals surface area (Å²) in [4.78, 5) is 37.5. The fourth-order valence-corrected chi connectivity index (χ4v) is 8.54. The van der Waals surface area contributed by atoms with Gasteiger partial charge < -0.3 is 19.4 Å². The maximum atomic E-state index is 13.5. The molecule has 1 amide bonds. The number of rotatable bonds is 50. The van der Waals surface area contributed by atoms with E-state index in [1.807, 2.05) is 33.3 Å². The summed E-state index contributed by atoms with van der Waals surface area (Å²) < 4.78 is 30.5. The smallest absolute Gasteiger partial charge is 0.456 e. The summed E-state index contributed by atoms with van der Waals surface area (Å²) in [5.74, 6) is -0.540. The van der Waals surface area contributed by atoms with Crippen LogP contribution in [0.3, 0.4) is 0 Å². The fourth-order valence-electron chi connectivity index (χ4n) is 7.80. The molecule has 0 saturated heterocycles. The summed E-state index contributed by atoms with van der Waals surface area (Å²) in [5.41, 5.74) is 0. The van der Waals surface area contributed by atoms with Crippen molar-refractivity contribution < 1.29 is 37.3 Å². The quantitative estimate of drug-likeness (QED) is 0.0205. The zero-order valence-electron chi connectivity index (χ0n) is 45.1. The van der Waals surface area contributed by atoms with Gasteiger partial charge in [-0.05, 0) is 76.7 Å². The third-order valence-electron chi connectivity index (χ3n) is 12.2. The third kappa shape index (κ3) is 48.7. The maximum absolute atomic E-state index is 13.5. The molecule has 2 N–H and O–H groups in total. The molecule has 0 spiro atoms. The second-order valence-corrected chi connectivity index (χ2v) is 21.6. The van der Waals surface area contributed by atoms with Crippen LogP contribution in [-0.2, 0) is 27.9 Å². The Bertz CT molecular complexity index is 1350. The third-order valence-corrected chi connectivity index (χ3v) is 13.2. The highest BCUT2D eigenvalue weighted by Gasteiger charge is 2.30. The maximum Gasteiger partial charge on any atom is 0.472 e. The second-order valence-electron chi connectivity index (χ2n) is 20.1. The van der Waals surface area contributed by atoms with Crippen molar-refractivity contribution in [1.29, 1.82) is 0 Å². The van der Waals surface area contributed by atoms with Gasteiger partial charge in [-0.2, -0.15) is 0 Å². The highest BCUT2D eigenvalue weighted by molar-refractivity contribution is 7.47. The lowest BCUT2D eigenvalue weighted by Crippen LogP contribution is -2.47. The number of unbranched alkanes of at least 4 members (excludes halogenated alkanes) is 26. The minimum atomic E-state index is -4.45. The summed E-state index contributed by atoms with van der Waals surface area (Å²) in [7, 11) is 1.47. The minimum Gasteiger partial charge on any atom is -0.456 e. The summed E-state index contributed by atoms with van der Waals surface area (Å²) in [6.45, 7) is 6.94. The second kappa shape index (κ2) is 48.3. The Kier molecular flexibility index (Phi) is 46.7. The molecule has 0 rings (SSSR count). The summed E-state index contributed by atoms with van der Waals surface area (Å²) in [6, 6.07) is -0.862. The molecule has 0 saturated carbocycles. The first kappa shape index (κ1) is 65.7. The van der Waals surface area contributed by atoms with Gasteiger partial charge in [0.15, 0.2) is 0 Å². The monoisotopic (exact) mass is 976 g/mol. The standard InChI is InChI=1S/C58H107N2O7P/c1-7-10-13-16-19-22-25-27-28-29-30-31-32-33-36-38-41-44-47-50-57(61)59-55(54-66-68(63,64)65-53-52-60(4,5)6)56(49-46-43-40-37-35-26-23-20-17-14-11-8-2)67-58(62)51-48-45-42-39-34-24-21-18-15-12-9-3/h19,22,27-28,30-31,33,36,46,49,55-56H,7-18,20-21,23-26,29,32,34-35,37-45,47-48,50-54H2,1-6H3,(H-,59,61,63,64)/p+1/b22-19-,28-27-,31-30-,36-33-,49-46-. The van der Waals surface area contributed by atoms with Gasteiger partial charge in [0.2, 0.25) is 5.91 Å². The highest BCUT2D eigenvalue weighted by atomic mass is 31.2. The largest absolute Gasteiger partial charge is 0.472 e. The van der Waals surface area contributed by atoms with E-state index < -0.39 is 20.0 Å². The molecule has 0 aliphatic heterocycles. The molecular weight excluding hydrogens is 868 g/mol. The number of phosphoric acid groups is 1. The number of allylic oxidation sites excluding steroid dienone is 9. The molecule has 3 atom stereocenters. The van der Waals surface area contributed by atoms with Gasteiger partial charge in [0.05, 0.1) is 33.8 Å². The van der Waals surface area contributed by atoms with Crippen molar-refractivity contribution in [3.8, 4) is 0 Å². The number of phosphoric ester groups is 1. The first-order chi connectivity index (χ1) is 32.9. The van der Waals surface area contributed by atoms with E-state index in [0.717, 1.165) is 77.0 Å². The van der Waals surface area contributed by atoms with Crippen LogP contribution in [0, 0.1) is 0 Å². The normalized spacial score (nSPS) is 14.3. The van der Waals surface area contributed by atoms with Crippen LogP contribution in [0.15, 0.2) is 60.8 Å². The molecule has 3 unspecified atom stereocenters. The Hall–Kier alpha value is -2.29. The van der Waals surface area contributed by atoms with Crippen LogP contribution in [0.4, 0.5) is 0 Å². The SMILES string of the molecule is CCCCC/C=C\C/C=C\C/C=C\C/C=C\CCCCCC(=O)NC(COP(=O)(O)OCC[N+](C)(C)C)C(/C=C\CCCCCCCCCCCC)OC(=O)CCCCCCCCCCCCC. The zero-order valence-corrected chi connectivity index (χ0v) is 46.0. The van der Waals surface area contributed by atoms with Crippen molar-refractivity contribution in [3.63, 3.8) is 0 Å². The van der Waals surface area contributed by atoms with Gasteiger partial charge in [0.25, 0.3) is 0 Å². The van der Waals surface area contributed by atoms with Gasteiger partial charge in [0.1, 0.15) is 19.3 Å². The first-order valence-corrected chi connectivity index (χ1v) is 29.6. The fraction of sp³-hybridized carbons (Fsp3) is 0.793. The Morgan fingerprint density at radius 2 is 0.897 bits per heavy atom. The number of ether oxygens (including phenoxy) is 1. The van der Waals surface area contributed by atoms with Crippen LogP contribution in [0.1, 0.15) is 245 Å². The molecule has 0 aromatic carbocycles. The number of quaternary nitrogens is 1. The average molecular weight is 976 g/mol. The van der Waals surface area contributed by atoms with E-state index in [0.29, 0.717) is 23.9 Å². The van der Waals surface area contributed by atoms with Gasteiger partial charge in [-0.25, -0.2) is 4.57 Å². The number of esters is 1.